The standard InChI is InChI=1S/C18H27N5O7/c1-21-15-12(16(26)22(2)17(21)27)23(9-20-15)4-3-19-6-10(24)5-18(28)8-30-13-11(25)7-29-14(13)18/h9-11,13-14,19,24-25,28H,3-8H2,1-2H3/t10?,11-,13+,14-,18+/m0/s1. The Labute approximate surface area is 171 Å². The van der Waals surface area contributed by atoms with Crippen LogP contribution in [0, 0.1) is 0 Å². The first-order valence-electron chi connectivity index (χ1n) is 9.86. The van der Waals surface area contributed by atoms with Crippen LogP contribution in [0.3, 0.4) is 0 Å². The number of fused-ring (bicyclic) bond motifs is 2. The number of nitrogens with zero attached hydrogens (tertiary/aromatic N) is 4. The highest BCUT2D eigenvalue weighted by Crippen LogP contribution is 2.36. The molecule has 0 saturated carbocycles. The van der Waals surface area contributed by atoms with E-state index in [0.29, 0.717) is 24.3 Å². The highest BCUT2D eigenvalue weighted by atomic mass is 16.6. The van der Waals surface area contributed by atoms with Crippen LogP contribution in [0.4, 0.5) is 0 Å². The van der Waals surface area contributed by atoms with Crippen LogP contribution in [0.25, 0.3) is 11.2 Å². The number of aromatic nitrogens is 4. The summed E-state index contributed by atoms with van der Waals surface area (Å²) in [5, 5.41) is 34.0. The molecule has 0 aliphatic carbocycles. The number of hydrogen-bond acceptors (Lipinski definition) is 9. The van der Waals surface area contributed by atoms with Crippen LogP contribution in [-0.2, 0) is 30.1 Å². The number of nitrogens with one attached hydrogen (secondary N) is 1. The van der Waals surface area contributed by atoms with Gasteiger partial charge in [0.1, 0.15) is 23.9 Å². The molecular weight excluding hydrogens is 398 g/mol. The van der Waals surface area contributed by atoms with Crippen molar-refractivity contribution in [2.45, 2.75) is 43.0 Å². The lowest BCUT2D eigenvalue weighted by molar-refractivity contribution is -0.0913. The molecule has 5 atom stereocenters. The molecule has 0 radical (unpaired) electrons. The summed E-state index contributed by atoms with van der Waals surface area (Å²) in [6.45, 7) is 1.16. The van der Waals surface area contributed by atoms with Gasteiger partial charge in [-0.1, -0.05) is 0 Å². The Morgan fingerprint density at radius 3 is 2.87 bits per heavy atom. The van der Waals surface area contributed by atoms with Crippen molar-refractivity contribution in [3.05, 3.63) is 27.2 Å². The molecule has 2 aliphatic rings. The third-order valence-corrected chi connectivity index (χ3v) is 5.90. The lowest BCUT2D eigenvalue weighted by Gasteiger charge is -2.29. The highest BCUT2D eigenvalue weighted by molar-refractivity contribution is 5.69. The van der Waals surface area contributed by atoms with Crippen molar-refractivity contribution in [2.24, 2.45) is 14.1 Å². The lowest BCUT2D eigenvalue weighted by atomic mass is 9.90. The van der Waals surface area contributed by atoms with Crippen LogP contribution < -0.4 is 16.6 Å². The Morgan fingerprint density at radius 1 is 1.33 bits per heavy atom. The molecule has 0 spiro atoms. The third kappa shape index (κ3) is 3.49. The van der Waals surface area contributed by atoms with Gasteiger partial charge in [-0.25, -0.2) is 9.78 Å². The molecule has 2 aromatic rings. The molecule has 2 aliphatic heterocycles. The Hall–Kier alpha value is -2.09. The van der Waals surface area contributed by atoms with Crippen LogP contribution >= 0.6 is 0 Å². The summed E-state index contributed by atoms with van der Waals surface area (Å²) in [6.07, 6.45) is -1.29. The van der Waals surface area contributed by atoms with Gasteiger partial charge in [-0.15, -0.1) is 0 Å². The summed E-state index contributed by atoms with van der Waals surface area (Å²) in [6, 6.07) is 0. The number of rotatable bonds is 7. The van der Waals surface area contributed by atoms with Crippen molar-refractivity contribution in [3.63, 3.8) is 0 Å². The molecular formula is C18H27N5O7. The summed E-state index contributed by atoms with van der Waals surface area (Å²) in [4.78, 5) is 28.6. The fourth-order valence-corrected chi connectivity index (χ4v) is 4.27. The number of aryl methyl sites for hydroxylation is 1. The molecule has 0 bridgehead atoms. The Kier molecular flexibility index (Phi) is 5.55. The summed E-state index contributed by atoms with van der Waals surface area (Å²) < 4.78 is 14.9. The highest BCUT2D eigenvalue weighted by Gasteiger charge is 2.56. The van der Waals surface area contributed by atoms with E-state index in [1.54, 1.807) is 11.6 Å². The summed E-state index contributed by atoms with van der Waals surface area (Å²) in [5.74, 6) is 0. The Morgan fingerprint density at radius 2 is 2.10 bits per heavy atom. The van der Waals surface area contributed by atoms with Gasteiger partial charge in [-0.3, -0.25) is 13.9 Å². The zero-order chi connectivity index (χ0) is 21.6. The van der Waals surface area contributed by atoms with Crippen molar-refractivity contribution in [1.29, 1.82) is 0 Å². The fourth-order valence-electron chi connectivity index (χ4n) is 4.27. The van der Waals surface area contributed by atoms with Gasteiger partial charge in [0, 0.05) is 40.2 Å². The van der Waals surface area contributed by atoms with Crippen LogP contribution in [0.15, 0.2) is 15.9 Å². The van der Waals surface area contributed by atoms with Gasteiger partial charge in [0.05, 0.1) is 25.6 Å². The van der Waals surface area contributed by atoms with Crippen molar-refractivity contribution >= 4 is 11.2 Å². The van der Waals surface area contributed by atoms with Crippen molar-refractivity contribution in [1.82, 2.24) is 24.0 Å². The molecule has 12 heteroatoms. The Balaban J connectivity index is 1.33. The molecule has 4 N–H and O–H groups in total. The SMILES string of the molecule is Cn1c(=O)c2c(ncn2CCNCC(O)C[C@@]2(O)CO[C@@H]3[C@@H](O)CO[C@@H]32)n(C)c1=O. The number of imidazole rings is 1. The van der Waals surface area contributed by atoms with E-state index < -0.39 is 41.3 Å². The van der Waals surface area contributed by atoms with Gasteiger partial charge in [0.15, 0.2) is 11.2 Å². The molecule has 4 rings (SSSR count). The second-order valence-electron chi connectivity index (χ2n) is 8.08. The van der Waals surface area contributed by atoms with E-state index in [4.69, 9.17) is 9.47 Å². The molecule has 4 heterocycles. The van der Waals surface area contributed by atoms with Gasteiger partial charge in [0.25, 0.3) is 5.56 Å². The number of aliphatic hydroxyl groups is 3. The maximum absolute atomic E-state index is 12.4. The summed E-state index contributed by atoms with van der Waals surface area (Å²) >= 11 is 0. The van der Waals surface area contributed by atoms with Gasteiger partial charge in [-0.05, 0) is 0 Å². The average molecular weight is 425 g/mol. The monoisotopic (exact) mass is 425 g/mol. The second kappa shape index (κ2) is 7.87. The molecule has 30 heavy (non-hydrogen) atoms. The summed E-state index contributed by atoms with van der Waals surface area (Å²) in [7, 11) is 2.98. The van der Waals surface area contributed by atoms with E-state index >= 15 is 0 Å². The van der Waals surface area contributed by atoms with Crippen molar-refractivity contribution in [3.8, 4) is 0 Å². The first kappa shape index (κ1) is 21.2. The van der Waals surface area contributed by atoms with Crippen molar-refractivity contribution < 1.29 is 24.8 Å². The Bertz CT molecular complexity index is 1050. The minimum Gasteiger partial charge on any atom is -0.392 e. The zero-order valence-electron chi connectivity index (χ0n) is 16.9. The predicted octanol–water partition coefficient (Wildman–Crippen LogP) is -3.34. The van der Waals surface area contributed by atoms with Crippen LogP contribution in [0.1, 0.15) is 6.42 Å². The van der Waals surface area contributed by atoms with E-state index in [-0.39, 0.29) is 26.2 Å². The summed E-state index contributed by atoms with van der Waals surface area (Å²) in [5.41, 5.74) is -1.54. The molecule has 2 fully saturated rings. The maximum atomic E-state index is 12.4. The third-order valence-electron chi connectivity index (χ3n) is 5.90. The van der Waals surface area contributed by atoms with Gasteiger partial charge in [0.2, 0.25) is 0 Å². The van der Waals surface area contributed by atoms with Gasteiger partial charge >= 0.3 is 5.69 Å². The normalized spacial score (nSPS) is 29.6. The van der Waals surface area contributed by atoms with E-state index in [1.807, 2.05) is 0 Å². The molecule has 0 aromatic carbocycles. The number of aliphatic hydroxyl groups excluding tert-OH is 2. The smallest absolute Gasteiger partial charge is 0.332 e. The molecule has 1 unspecified atom stereocenters. The first-order chi connectivity index (χ1) is 14.2. The zero-order valence-corrected chi connectivity index (χ0v) is 16.9. The van der Waals surface area contributed by atoms with E-state index in [2.05, 4.69) is 10.3 Å². The first-order valence-corrected chi connectivity index (χ1v) is 9.86. The minimum atomic E-state index is -1.35. The van der Waals surface area contributed by atoms with Crippen LogP contribution in [-0.4, -0.2) is 90.3 Å². The van der Waals surface area contributed by atoms with E-state index in [1.165, 1.54) is 17.9 Å². The average Bonchev–Trinajstić information content (AvgIpc) is 3.38. The second-order valence-corrected chi connectivity index (χ2v) is 8.08. The minimum absolute atomic E-state index is 0.000502. The largest absolute Gasteiger partial charge is 0.392 e. The lowest BCUT2D eigenvalue weighted by Crippen LogP contribution is -2.47. The molecule has 2 aromatic heterocycles. The van der Waals surface area contributed by atoms with Crippen LogP contribution in [0.2, 0.25) is 0 Å². The van der Waals surface area contributed by atoms with Crippen molar-refractivity contribution in [2.75, 3.05) is 26.3 Å². The van der Waals surface area contributed by atoms with Crippen LogP contribution in [0.5, 0.6) is 0 Å². The quantitative estimate of drug-likeness (QED) is 0.334. The number of hydrogen-bond donors (Lipinski definition) is 4. The predicted molar refractivity (Wildman–Crippen MR) is 104 cm³/mol. The fraction of sp³-hybridized carbons (Fsp3) is 0.722. The molecule has 0 amide bonds. The van der Waals surface area contributed by atoms with E-state index in [0.717, 1.165) is 4.57 Å². The molecule has 12 nitrogen and oxygen atoms in total. The number of ether oxygens (including phenoxy) is 2. The molecule has 2 saturated heterocycles. The van der Waals surface area contributed by atoms with E-state index in [9.17, 15) is 24.9 Å². The van der Waals surface area contributed by atoms with Gasteiger partial charge < -0.3 is 34.7 Å². The topological polar surface area (TPSA) is 153 Å². The van der Waals surface area contributed by atoms with Gasteiger partial charge in [-0.2, -0.15) is 0 Å². The molecule has 166 valence electrons. The maximum Gasteiger partial charge on any atom is 0.332 e.